The number of hydrogen-bond donors (Lipinski definition) is 2. The van der Waals surface area contributed by atoms with Gasteiger partial charge in [0.25, 0.3) is 0 Å². The number of hydroxylamine groups is 1. The minimum absolute atomic E-state index is 0.0547. The first-order valence-electron chi connectivity index (χ1n) is 9.48. The lowest BCUT2D eigenvalue weighted by Gasteiger charge is -2.30. The van der Waals surface area contributed by atoms with Crippen molar-refractivity contribution in [1.82, 2.24) is 10.8 Å². The molecule has 0 bridgehead atoms. The number of hydrogen-bond acceptors (Lipinski definition) is 4. The maximum Gasteiger partial charge on any atom is 0.150 e. The summed E-state index contributed by atoms with van der Waals surface area (Å²) in [7, 11) is 0. The summed E-state index contributed by atoms with van der Waals surface area (Å²) in [6, 6.07) is 10.5. The Balaban J connectivity index is 1.32. The molecule has 2 atom stereocenters. The second-order valence-electron chi connectivity index (χ2n) is 7.30. The van der Waals surface area contributed by atoms with Crippen LogP contribution in [0.2, 0.25) is 0 Å². The zero-order valence-electron chi connectivity index (χ0n) is 14.5. The minimum Gasteiger partial charge on any atom is -0.306 e. The molecule has 0 unspecified atom stereocenters. The van der Waals surface area contributed by atoms with Gasteiger partial charge in [-0.2, -0.15) is 5.48 Å². The first kappa shape index (κ1) is 17.6. The molecule has 0 spiro atoms. The Labute approximate surface area is 145 Å². The van der Waals surface area contributed by atoms with Crippen molar-refractivity contribution in [2.45, 2.75) is 70.1 Å². The van der Waals surface area contributed by atoms with Gasteiger partial charge in [-0.1, -0.05) is 62.4 Å². The molecule has 132 valence electrons. The lowest BCUT2D eigenvalue weighted by molar-refractivity contribution is -0.123. The van der Waals surface area contributed by atoms with Crippen LogP contribution in [0, 0.1) is 5.92 Å². The summed E-state index contributed by atoms with van der Waals surface area (Å²) in [6.45, 7) is 1.37. The Morgan fingerprint density at radius 1 is 1.08 bits per heavy atom. The van der Waals surface area contributed by atoms with E-state index < -0.39 is 0 Å². The zero-order valence-corrected chi connectivity index (χ0v) is 14.5. The highest BCUT2D eigenvalue weighted by Gasteiger charge is 2.27. The van der Waals surface area contributed by atoms with Gasteiger partial charge >= 0.3 is 0 Å². The van der Waals surface area contributed by atoms with Crippen molar-refractivity contribution in [2.75, 3.05) is 6.54 Å². The Hall–Kier alpha value is -1.23. The molecule has 1 aliphatic heterocycles. The third-order valence-corrected chi connectivity index (χ3v) is 5.35. The summed E-state index contributed by atoms with van der Waals surface area (Å²) in [5.41, 5.74) is 4.30. The van der Waals surface area contributed by atoms with E-state index in [4.69, 9.17) is 4.84 Å². The molecule has 1 aliphatic carbocycles. The monoisotopic (exact) mass is 330 g/mol. The molecule has 4 heteroatoms. The number of carbonyl (C=O) groups is 1. The first-order chi connectivity index (χ1) is 11.8. The van der Waals surface area contributed by atoms with Gasteiger partial charge in [0.15, 0.2) is 0 Å². The molecule has 4 nitrogen and oxygen atoms in total. The average Bonchev–Trinajstić information content (AvgIpc) is 2.64. The van der Waals surface area contributed by atoms with Gasteiger partial charge in [-0.3, -0.25) is 9.63 Å². The Morgan fingerprint density at radius 2 is 1.88 bits per heavy atom. The van der Waals surface area contributed by atoms with Crippen LogP contribution in [0.15, 0.2) is 30.3 Å². The van der Waals surface area contributed by atoms with Crippen molar-refractivity contribution in [3.8, 4) is 0 Å². The van der Waals surface area contributed by atoms with Crippen LogP contribution in [0.4, 0.5) is 0 Å². The van der Waals surface area contributed by atoms with Crippen LogP contribution >= 0.6 is 0 Å². The molecule has 1 aromatic rings. The number of benzene rings is 1. The third-order valence-electron chi connectivity index (χ3n) is 5.35. The second kappa shape index (κ2) is 9.30. The van der Waals surface area contributed by atoms with Crippen LogP contribution in [-0.2, 0) is 16.2 Å². The number of nitrogens with one attached hydrogen (secondary N) is 2. The maximum absolute atomic E-state index is 12.5. The van der Waals surface area contributed by atoms with Crippen LogP contribution in [-0.4, -0.2) is 24.4 Å². The van der Waals surface area contributed by atoms with Crippen molar-refractivity contribution in [2.24, 2.45) is 5.92 Å². The lowest BCUT2D eigenvalue weighted by Crippen LogP contribution is -2.50. The number of ketones is 1. The van der Waals surface area contributed by atoms with E-state index >= 15 is 0 Å². The van der Waals surface area contributed by atoms with E-state index in [2.05, 4.69) is 22.9 Å². The molecular weight excluding hydrogens is 300 g/mol. The molecule has 0 amide bonds. The Morgan fingerprint density at radius 3 is 2.58 bits per heavy atom. The number of carbonyl (C=O) groups excluding carboxylic acids is 1. The van der Waals surface area contributed by atoms with E-state index in [1.807, 2.05) is 18.2 Å². The average molecular weight is 330 g/mol. The summed E-state index contributed by atoms with van der Waals surface area (Å²) in [5.74, 6) is 1.06. The van der Waals surface area contributed by atoms with Crippen molar-refractivity contribution < 1.29 is 9.63 Å². The van der Waals surface area contributed by atoms with E-state index in [1.165, 1.54) is 32.1 Å². The maximum atomic E-state index is 12.5. The molecule has 2 aliphatic rings. The van der Waals surface area contributed by atoms with Crippen molar-refractivity contribution in [3.05, 3.63) is 35.9 Å². The van der Waals surface area contributed by atoms with Crippen LogP contribution in [0.1, 0.15) is 56.9 Å². The van der Waals surface area contributed by atoms with E-state index in [0.29, 0.717) is 18.3 Å². The molecule has 1 aromatic carbocycles. The van der Waals surface area contributed by atoms with Gasteiger partial charge in [0.05, 0.1) is 12.6 Å². The van der Waals surface area contributed by atoms with E-state index in [9.17, 15) is 4.79 Å². The predicted octanol–water partition coefficient (Wildman–Crippen LogP) is 3.37. The highest BCUT2D eigenvalue weighted by molar-refractivity contribution is 5.84. The largest absolute Gasteiger partial charge is 0.306 e. The summed E-state index contributed by atoms with van der Waals surface area (Å²) in [6.07, 6.45) is 9.14. The van der Waals surface area contributed by atoms with Gasteiger partial charge in [0.2, 0.25) is 0 Å². The quantitative estimate of drug-likeness (QED) is 0.753. The lowest BCUT2D eigenvalue weighted by atomic mass is 9.83. The topological polar surface area (TPSA) is 50.4 Å². The van der Waals surface area contributed by atoms with E-state index in [-0.39, 0.29) is 12.1 Å². The van der Waals surface area contributed by atoms with Crippen LogP contribution in [0.3, 0.4) is 0 Å². The summed E-state index contributed by atoms with van der Waals surface area (Å²) < 4.78 is 0. The van der Waals surface area contributed by atoms with E-state index in [1.54, 1.807) is 0 Å². The predicted molar refractivity (Wildman–Crippen MR) is 95.4 cm³/mol. The molecule has 1 saturated heterocycles. The molecule has 2 fully saturated rings. The zero-order chi connectivity index (χ0) is 16.6. The fourth-order valence-electron chi connectivity index (χ4n) is 3.87. The van der Waals surface area contributed by atoms with Crippen LogP contribution in [0.25, 0.3) is 0 Å². The summed E-state index contributed by atoms with van der Waals surface area (Å²) >= 11 is 0. The van der Waals surface area contributed by atoms with Crippen LogP contribution in [0.5, 0.6) is 0 Å². The number of rotatable bonds is 7. The number of piperidine rings is 1. The standard InChI is InChI=1S/C20H30N2O2/c23-20(13-16-7-3-1-4-8-16)19-12-11-18(14-21-19)22-24-15-17-9-5-2-6-10-17/h2,5-6,9-10,16,18-19,21-22H,1,3-4,7-8,11-15H2/t18-,19+/m1/s1. The van der Waals surface area contributed by atoms with Gasteiger partial charge in [-0.15, -0.1) is 0 Å². The molecule has 1 heterocycles. The Bertz CT molecular complexity index is 492. The first-order valence-corrected chi connectivity index (χ1v) is 9.48. The van der Waals surface area contributed by atoms with Crippen LogP contribution < -0.4 is 10.8 Å². The molecule has 3 rings (SSSR count). The van der Waals surface area contributed by atoms with Gasteiger partial charge in [-0.05, 0) is 24.3 Å². The molecule has 0 radical (unpaired) electrons. The van der Waals surface area contributed by atoms with Gasteiger partial charge < -0.3 is 5.32 Å². The van der Waals surface area contributed by atoms with Crippen molar-refractivity contribution in [1.29, 1.82) is 0 Å². The highest BCUT2D eigenvalue weighted by Crippen LogP contribution is 2.27. The summed E-state index contributed by atoms with van der Waals surface area (Å²) in [5, 5.41) is 3.42. The van der Waals surface area contributed by atoms with Gasteiger partial charge in [-0.25, -0.2) is 0 Å². The smallest absolute Gasteiger partial charge is 0.150 e. The molecule has 24 heavy (non-hydrogen) atoms. The van der Waals surface area contributed by atoms with Gasteiger partial charge in [0.1, 0.15) is 5.78 Å². The Kier molecular flexibility index (Phi) is 6.82. The van der Waals surface area contributed by atoms with Gasteiger partial charge in [0, 0.05) is 19.0 Å². The SMILES string of the molecule is O=C(CC1CCCCC1)[C@@H]1CC[C@@H](NOCc2ccccc2)CN1. The normalized spacial score (nSPS) is 25.5. The number of Topliss-reactive ketones (excluding diaryl/α,β-unsaturated/α-hetero) is 1. The fourth-order valence-corrected chi connectivity index (χ4v) is 3.87. The fraction of sp³-hybridized carbons (Fsp3) is 0.650. The minimum atomic E-state index is 0.0547. The van der Waals surface area contributed by atoms with Crippen molar-refractivity contribution >= 4 is 5.78 Å². The molecule has 2 N–H and O–H groups in total. The van der Waals surface area contributed by atoms with E-state index in [0.717, 1.165) is 31.4 Å². The molecular formula is C20H30N2O2. The molecule has 0 aromatic heterocycles. The molecule has 1 saturated carbocycles. The highest BCUT2D eigenvalue weighted by atomic mass is 16.6. The third kappa shape index (κ3) is 5.40. The summed E-state index contributed by atoms with van der Waals surface area (Å²) in [4.78, 5) is 18.1. The second-order valence-corrected chi connectivity index (χ2v) is 7.30. The van der Waals surface area contributed by atoms with Crippen molar-refractivity contribution in [3.63, 3.8) is 0 Å².